The van der Waals surface area contributed by atoms with Gasteiger partial charge in [-0.1, -0.05) is 12.1 Å². The van der Waals surface area contributed by atoms with Crippen LogP contribution >= 0.6 is 0 Å². The van der Waals surface area contributed by atoms with Crippen LogP contribution in [-0.2, 0) is 16.1 Å². The van der Waals surface area contributed by atoms with E-state index in [4.69, 9.17) is 9.47 Å². The highest BCUT2D eigenvalue weighted by Gasteiger charge is 2.13. The van der Waals surface area contributed by atoms with Crippen LogP contribution in [-0.4, -0.2) is 31.0 Å². The first-order chi connectivity index (χ1) is 11.1. The topological polar surface area (TPSA) is 89.5 Å². The summed E-state index contributed by atoms with van der Waals surface area (Å²) in [5.74, 6) is -0.334. The Hall–Kier alpha value is -3.09. The van der Waals surface area contributed by atoms with Crippen molar-refractivity contribution in [1.29, 1.82) is 0 Å². The van der Waals surface area contributed by atoms with E-state index in [1.807, 2.05) is 12.1 Å². The zero-order chi connectivity index (χ0) is 16.7. The number of methoxy groups -OCH3 is 2. The fourth-order valence-corrected chi connectivity index (χ4v) is 1.77. The van der Waals surface area contributed by atoms with Crippen LogP contribution in [0.25, 0.3) is 0 Å². The summed E-state index contributed by atoms with van der Waals surface area (Å²) in [6, 6.07) is 10.4. The van der Waals surface area contributed by atoms with Crippen molar-refractivity contribution in [2.75, 3.05) is 19.5 Å². The molecule has 0 saturated heterocycles. The van der Waals surface area contributed by atoms with Crippen LogP contribution in [0.5, 0.6) is 11.6 Å². The maximum atomic E-state index is 11.8. The lowest BCUT2D eigenvalue weighted by atomic mass is 10.2. The second-order valence-electron chi connectivity index (χ2n) is 4.57. The molecule has 7 heteroatoms. The summed E-state index contributed by atoms with van der Waals surface area (Å²) in [5.41, 5.74) is 1.27. The Morgan fingerprint density at radius 1 is 1.00 bits per heavy atom. The highest BCUT2D eigenvalue weighted by atomic mass is 16.5. The van der Waals surface area contributed by atoms with E-state index in [1.165, 1.54) is 13.3 Å². The zero-order valence-corrected chi connectivity index (χ0v) is 12.8. The molecule has 0 spiro atoms. The summed E-state index contributed by atoms with van der Waals surface area (Å²) in [4.78, 5) is 27.5. The van der Waals surface area contributed by atoms with Crippen LogP contribution in [0.1, 0.15) is 5.56 Å². The first-order valence-corrected chi connectivity index (χ1v) is 6.84. The third kappa shape index (κ3) is 4.70. The van der Waals surface area contributed by atoms with Gasteiger partial charge in [-0.3, -0.25) is 9.59 Å². The van der Waals surface area contributed by atoms with Gasteiger partial charge < -0.3 is 20.1 Å². The molecule has 0 aliphatic heterocycles. The molecule has 2 rings (SSSR count). The largest absolute Gasteiger partial charge is 0.497 e. The predicted molar refractivity (Wildman–Crippen MR) is 84.3 cm³/mol. The number of nitrogens with one attached hydrogen (secondary N) is 2. The molecule has 23 heavy (non-hydrogen) atoms. The van der Waals surface area contributed by atoms with Crippen molar-refractivity contribution >= 4 is 17.5 Å². The number of aromatic nitrogens is 1. The van der Waals surface area contributed by atoms with E-state index >= 15 is 0 Å². The number of pyridine rings is 1. The number of carbonyl (C=O) groups is 2. The molecule has 7 nitrogen and oxygen atoms in total. The Bertz CT molecular complexity index is 669. The van der Waals surface area contributed by atoms with E-state index in [9.17, 15) is 9.59 Å². The van der Waals surface area contributed by atoms with Gasteiger partial charge in [0.2, 0.25) is 5.88 Å². The molecular weight excluding hydrogens is 298 g/mol. The molecule has 0 aliphatic carbocycles. The molecule has 0 fully saturated rings. The molecule has 0 atom stereocenters. The number of carbonyl (C=O) groups excluding carboxylic acids is 2. The standard InChI is InChI=1S/C16H17N3O4/c1-22-13-6-3-11(4-7-13)9-18-15(20)16(21)19-12-5-8-14(23-2)17-10-12/h3-8,10H,9H2,1-2H3,(H,18,20)(H,19,21). The van der Waals surface area contributed by atoms with E-state index < -0.39 is 11.8 Å². The lowest BCUT2D eigenvalue weighted by Gasteiger charge is -2.07. The minimum absolute atomic E-state index is 0.247. The molecule has 2 N–H and O–H groups in total. The van der Waals surface area contributed by atoms with Crippen LogP contribution < -0.4 is 20.1 Å². The van der Waals surface area contributed by atoms with Gasteiger partial charge in [0.1, 0.15) is 5.75 Å². The fraction of sp³-hybridized carbons (Fsp3) is 0.188. The second kappa shape index (κ2) is 7.79. The monoisotopic (exact) mass is 315 g/mol. The third-order valence-electron chi connectivity index (χ3n) is 3.02. The Morgan fingerprint density at radius 3 is 2.30 bits per heavy atom. The fourth-order valence-electron chi connectivity index (χ4n) is 1.77. The molecule has 0 bridgehead atoms. The Labute approximate surface area is 133 Å². The molecule has 0 radical (unpaired) electrons. The lowest BCUT2D eigenvalue weighted by Crippen LogP contribution is -2.34. The number of rotatable bonds is 5. The summed E-state index contributed by atoms with van der Waals surface area (Å²) < 4.78 is 9.96. The average molecular weight is 315 g/mol. The van der Waals surface area contributed by atoms with Crippen molar-refractivity contribution < 1.29 is 19.1 Å². The number of hydrogen-bond donors (Lipinski definition) is 2. The van der Waals surface area contributed by atoms with Gasteiger partial charge in [-0.2, -0.15) is 0 Å². The number of nitrogens with zero attached hydrogens (tertiary/aromatic N) is 1. The number of amides is 2. The number of ether oxygens (including phenoxy) is 2. The molecule has 2 aromatic rings. The highest BCUT2D eigenvalue weighted by Crippen LogP contribution is 2.12. The van der Waals surface area contributed by atoms with Crippen molar-refractivity contribution in [3.63, 3.8) is 0 Å². The van der Waals surface area contributed by atoms with Gasteiger partial charge in [0, 0.05) is 12.6 Å². The molecule has 120 valence electrons. The van der Waals surface area contributed by atoms with Gasteiger partial charge in [-0.25, -0.2) is 4.98 Å². The summed E-state index contributed by atoms with van der Waals surface area (Å²) in [6.45, 7) is 0.247. The van der Waals surface area contributed by atoms with Crippen molar-refractivity contribution in [2.45, 2.75) is 6.54 Å². The Kier molecular flexibility index (Phi) is 5.51. The van der Waals surface area contributed by atoms with Crippen LogP contribution in [0.15, 0.2) is 42.6 Å². The Balaban J connectivity index is 1.85. The summed E-state index contributed by atoms with van der Waals surface area (Å²) in [6.07, 6.45) is 1.41. The minimum Gasteiger partial charge on any atom is -0.497 e. The molecule has 1 aromatic heterocycles. The van der Waals surface area contributed by atoms with Gasteiger partial charge in [-0.05, 0) is 23.8 Å². The first-order valence-electron chi connectivity index (χ1n) is 6.84. The SMILES string of the molecule is COc1ccc(CNC(=O)C(=O)Nc2ccc(OC)nc2)cc1. The van der Waals surface area contributed by atoms with Crippen LogP contribution in [0.2, 0.25) is 0 Å². The number of hydrogen-bond acceptors (Lipinski definition) is 5. The van der Waals surface area contributed by atoms with Crippen molar-refractivity contribution in [3.8, 4) is 11.6 Å². The van der Waals surface area contributed by atoms with E-state index in [1.54, 1.807) is 31.4 Å². The predicted octanol–water partition coefficient (Wildman–Crippen LogP) is 1.35. The molecule has 1 aromatic carbocycles. The first kappa shape index (κ1) is 16.3. The van der Waals surface area contributed by atoms with E-state index in [-0.39, 0.29) is 6.54 Å². The average Bonchev–Trinajstić information content (AvgIpc) is 2.60. The van der Waals surface area contributed by atoms with Gasteiger partial charge in [0.25, 0.3) is 0 Å². The summed E-state index contributed by atoms with van der Waals surface area (Å²) in [7, 11) is 3.07. The molecule has 1 heterocycles. The molecular formula is C16H17N3O4. The van der Waals surface area contributed by atoms with Crippen molar-refractivity contribution in [3.05, 3.63) is 48.2 Å². The number of anilines is 1. The van der Waals surface area contributed by atoms with Crippen molar-refractivity contribution in [1.82, 2.24) is 10.3 Å². The Morgan fingerprint density at radius 2 is 1.74 bits per heavy atom. The van der Waals surface area contributed by atoms with Crippen LogP contribution in [0.3, 0.4) is 0 Å². The molecule has 0 saturated carbocycles. The molecule has 2 amide bonds. The normalized spacial score (nSPS) is 9.83. The van der Waals surface area contributed by atoms with E-state index in [0.29, 0.717) is 11.6 Å². The van der Waals surface area contributed by atoms with E-state index in [0.717, 1.165) is 11.3 Å². The zero-order valence-electron chi connectivity index (χ0n) is 12.8. The smallest absolute Gasteiger partial charge is 0.313 e. The quantitative estimate of drug-likeness (QED) is 0.813. The molecule has 0 aliphatic rings. The van der Waals surface area contributed by atoms with Crippen LogP contribution in [0, 0.1) is 0 Å². The summed E-state index contributed by atoms with van der Waals surface area (Å²) >= 11 is 0. The molecule has 0 unspecified atom stereocenters. The highest BCUT2D eigenvalue weighted by molar-refractivity contribution is 6.39. The number of benzene rings is 1. The third-order valence-corrected chi connectivity index (χ3v) is 3.02. The van der Waals surface area contributed by atoms with Crippen molar-refractivity contribution in [2.24, 2.45) is 0 Å². The maximum absolute atomic E-state index is 11.8. The van der Waals surface area contributed by atoms with Gasteiger partial charge in [-0.15, -0.1) is 0 Å². The second-order valence-corrected chi connectivity index (χ2v) is 4.57. The summed E-state index contributed by atoms with van der Waals surface area (Å²) in [5, 5.41) is 5.00. The van der Waals surface area contributed by atoms with E-state index in [2.05, 4.69) is 15.6 Å². The van der Waals surface area contributed by atoms with Gasteiger partial charge in [0.15, 0.2) is 0 Å². The van der Waals surface area contributed by atoms with Crippen LogP contribution in [0.4, 0.5) is 5.69 Å². The lowest BCUT2D eigenvalue weighted by molar-refractivity contribution is -0.136. The maximum Gasteiger partial charge on any atom is 0.313 e. The van der Waals surface area contributed by atoms with Gasteiger partial charge in [0.05, 0.1) is 26.1 Å². The van der Waals surface area contributed by atoms with Gasteiger partial charge >= 0.3 is 11.8 Å². The minimum atomic E-state index is -0.759.